The average molecular weight is 267 g/mol. The second-order valence-corrected chi connectivity index (χ2v) is 5.04. The molecule has 2 rings (SSSR count). The number of aromatic nitrogens is 1. The van der Waals surface area contributed by atoms with Crippen LogP contribution in [0.2, 0.25) is 0 Å². The Morgan fingerprint density at radius 1 is 1.15 bits per heavy atom. The van der Waals surface area contributed by atoms with Gasteiger partial charge in [-0.2, -0.15) is 5.26 Å². The molecule has 1 aromatic carbocycles. The van der Waals surface area contributed by atoms with E-state index in [1.165, 1.54) is 16.7 Å². The van der Waals surface area contributed by atoms with Gasteiger partial charge in [0.15, 0.2) is 0 Å². The first kappa shape index (κ1) is 14.4. The second kappa shape index (κ2) is 6.40. The van der Waals surface area contributed by atoms with E-state index < -0.39 is 0 Å². The lowest BCUT2D eigenvalue weighted by atomic mass is 10.1. The monoisotopic (exact) mass is 267 g/mol. The Balaban J connectivity index is 2.02. The first-order valence-corrected chi connectivity index (χ1v) is 7.00. The molecule has 0 aliphatic heterocycles. The lowest BCUT2D eigenvalue weighted by Gasteiger charge is -2.09. The normalized spacial score (nSPS) is 10.5. The molecule has 3 heteroatoms. The summed E-state index contributed by atoms with van der Waals surface area (Å²) in [7, 11) is 1.93. The molecule has 0 atom stereocenters. The van der Waals surface area contributed by atoms with Crippen molar-refractivity contribution < 1.29 is 0 Å². The lowest BCUT2D eigenvalue weighted by molar-refractivity contribution is 0.682. The maximum absolute atomic E-state index is 9.04. The summed E-state index contributed by atoms with van der Waals surface area (Å²) in [4.78, 5) is 0. The lowest BCUT2D eigenvalue weighted by Crippen LogP contribution is -2.14. The van der Waals surface area contributed by atoms with Crippen molar-refractivity contribution in [2.24, 2.45) is 7.05 Å². The maximum Gasteiger partial charge on any atom is 0.120 e. The smallest absolute Gasteiger partial charge is 0.120 e. The van der Waals surface area contributed by atoms with E-state index in [1.54, 1.807) is 0 Å². The molecule has 1 heterocycles. The van der Waals surface area contributed by atoms with Crippen molar-refractivity contribution in [3.05, 3.63) is 58.4 Å². The summed E-state index contributed by atoms with van der Waals surface area (Å²) in [5, 5.41) is 12.5. The number of hydrogen-bond donors (Lipinski definition) is 1. The first-order chi connectivity index (χ1) is 9.67. The van der Waals surface area contributed by atoms with Gasteiger partial charge in [0, 0.05) is 25.8 Å². The molecule has 0 aliphatic rings. The van der Waals surface area contributed by atoms with Crippen LogP contribution in [0, 0.1) is 18.3 Å². The van der Waals surface area contributed by atoms with Crippen LogP contribution in [-0.4, -0.2) is 4.57 Å². The summed E-state index contributed by atoms with van der Waals surface area (Å²) in [6.07, 6.45) is 1.06. The predicted octanol–water partition coefficient (Wildman–Crippen LogP) is 3.06. The van der Waals surface area contributed by atoms with Crippen molar-refractivity contribution in [3.8, 4) is 6.07 Å². The van der Waals surface area contributed by atoms with Crippen molar-refractivity contribution in [2.45, 2.75) is 33.4 Å². The molecule has 0 saturated heterocycles. The zero-order valence-corrected chi connectivity index (χ0v) is 12.4. The molecule has 0 aliphatic carbocycles. The third-order valence-electron chi connectivity index (χ3n) is 3.88. The number of nitrogens with one attached hydrogen (secondary N) is 1. The third-order valence-corrected chi connectivity index (χ3v) is 3.88. The summed E-state index contributed by atoms with van der Waals surface area (Å²) in [6.45, 7) is 5.89. The van der Waals surface area contributed by atoms with Gasteiger partial charge in [0.2, 0.25) is 0 Å². The number of nitriles is 1. The van der Waals surface area contributed by atoms with E-state index in [1.807, 2.05) is 17.7 Å². The number of nitrogens with zero attached hydrogens (tertiary/aromatic N) is 2. The Hall–Kier alpha value is -2.05. The number of aryl methyl sites for hydroxylation is 1. The van der Waals surface area contributed by atoms with Crippen molar-refractivity contribution in [3.63, 3.8) is 0 Å². The van der Waals surface area contributed by atoms with Crippen molar-refractivity contribution in [2.75, 3.05) is 0 Å². The van der Waals surface area contributed by atoms with Crippen LogP contribution in [0.1, 0.15) is 35.0 Å². The summed E-state index contributed by atoms with van der Waals surface area (Å²) < 4.78 is 1.94. The van der Waals surface area contributed by atoms with Crippen LogP contribution < -0.4 is 5.32 Å². The standard InChI is InChI=1S/C17H21N3/c1-4-14-7-5-6-8-15(14)11-19-12-16-9-17(10-18)20(3)13(16)2/h5-9,19H,4,11-12H2,1-3H3. The highest BCUT2D eigenvalue weighted by atomic mass is 15.0. The van der Waals surface area contributed by atoms with Crippen LogP contribution >= 0.6 is 0 Å². The van der Waals surface area contributed by atoms with Crippen LogP contribution in [0.3, 0.4) is 0 Å². The van der Waals surface area contributed by atoms with Crippen molar-refractivity contribution in [1.82, 2.24) is 9.88 Å². The van der Waals surface area contributed by atoms with E-state index in [0.29, 0.717) is 5.69 Å². The van der Waals surface area contributed by atoms with Crippen LogP contribution in [0.4, 0.5) is 0 Å². The third kappa shape index (κ3) is 2.92. The molecule has 3 nitrogen and oxygen atoms in total. The van der Waals surface area contributed by atoms with Crippen LogP contribution in [0.5, 0.6) is 0 Å². The highest BCUT2D eigenvalue weighted by Crippen LogP contribution is 2.14. The Morgan fingerprint density at radius 3 is 2.40 bits per heavy atom. The fourth-order valence-electron chi connectivity index (χ4n) is 2.46. The second-order valence-electron chi connectivity index (χ2n) is 5.04. The van der Waals surface area contributed by atoms with Gasteiger partial charge in [0.05, 0.1) is 0 Å². The number of benzene rings is 1. The van der Waals surface area contributed by atoms with Gasteiger partial charge in [-0.3, -0.25) is 0 Å². The Kier molecular flexibility index (Phi) is 4.60. The average Bonchev–Trinajstić information content (AvgIpc) is 2.75. The summed E-state index contributed by atoms with van der Waals surface area (Å²) in [5.41, 5.74) is 5.80. The highest BCUT2D eigenvalue weighted by molar-refractivity contribution is 5.34. The molecule has 0 amide bonds. The van der Waals surface area contributed by atoms with E-state index in [0.717, 1.165) is 25.2 Å². The molecule has 0 saturated carbocycles. The van der Waals surface area contributed by atoms with Gasteiger partial charge in [0.25, 0.3) is 0 Å². The SMILES string of the molecule is CCc1ccccc1CNCc1cc(C#N)n(C)c1C. The van der Waals surface area contributed by atoms with E-state index in [4.69, 9.17) is 5.26 Å². The van der Waals surface area contributed by atoms with Gasteiger partial charge in [-0.15, -0.1) is 0 Å². The molecule has 20 heavy (non-hydrogen) atoms. The predicted molar refractivity (Wildman–Crippen MR) is 81.2 cm³/mol. The molecular weight excluding hydrogens is 246 g/mol. The van der Waals surface area contributed by atoms with E-state index >= 15 is 0 Å². The largest absolute Gasteiger partial charge is 0.340 e. The quantitative estimate of drug-likeness (QED) is 0.904. The van der Waals surface area contributed by atoms with Gasteiger partial charge in [-0.1, -0.05) is 31.2 Å². The van der Waals surface area contributed by atoms with Crippen LogP contribution in [-0.2, 0) is 26.6 Å². The topological polar surface area (TPSA) is 40.8 Å². The summed E-state index contributed by atoms with van der Waals surface area (Å²) in [6, 6.07) is 12.7. The minimum absolute atomic E-state index is 0.716. The van der Waals surface area contributed by atoms with Gasteiger partial charge in [-0.25, -0.2) is 0 Å². The molecule has 0 fully saturated rings. The Bertz CT molecular complexity index is 632. The molecule has 1 aromatic heterocycles. The molecule has 2 aromatic rings. The summed E-state index contributed by atoms with van der Waals surface area (Å²) >= 11 is 0. The molecule has 0 radical (unpaired) electrons. The Labute approximate surface area is 120 Å². The van der Waals surface area contributed by atoms with Crippen LogP contribution in [0.15, 0.2) is 30.3 Å². The zero-order valence-electron chi connectivity index (χ0n) is 12.4. The minimum Gasteiger partial charge on any atom is -0.340 e. The maximum atomic E-state index is 9.04. The zero-order chi connectivity index (χ0) is 14.5. The molecule has 0 bridgehead atoms. The summed E-state index contributed by atoms with van der Waals surface area (Å²) in [5.74, 6) is 0. The van der Waals surface area contributed by atoms with Crippen LogP contribution in [0.25, 0.3) is 0 Å². The minimum atomic E-state index is 0.716. The van der Waals surface area contributed by atoms with E-state index in [9.17, 15) is 0 Å². The fourth-order valence-corrected chi connectivity index (χ4v) is 2.46. The van der Waals surface area contributed by atoms with E-state index in [-0.39, 0.29) is 0 Å². The van der Waals surface area contributed by atoms with E-state index in [2.05, 4.69) is 49.5 Å². The molecule has 0 spiro atoms. The molecule has 0 unspecified atom stereocenters. The number of hydrogen-bond acceptors (Lipinski definition) is 2. The fraction of sp³-hybridized carbons (Fsp3) is 0.353. The molecule has 104 valence electrons. The van der Waals surface area contributed by atoms with Gasteiger partial charge >= 0.3 is 0 Å². The molecular formula is C17H21N3. The molecule has 1 N–H and O–H groups in total. The highest BCUT2D eigenvalue weighted by Gasteiger charge is 2.08. The van der Waals surface area contributed by atoms with Crippen molar-refractivity contribution >= 4 is 0 Å². The number of rotatable bonds is 5. The first-order valence-electron chi connectivity index (χ1n) is 7.00. The van der Waals surface area contributed by atoms with Crippen molar-refractivity contribution in [1.29, 1.82) is 5.26 Å². The Morgan fingerprint density at radius 2 is 1.80 bits per heavy atom. The van der Waals surface area contributed by atoms with Gasteiger partial charge in [-0.05, 0) is 36.1 Å². The van der Waals surface area contributed by atoms with Gasteiger partial charge < -0.3 is 9.88 Å². The van der Waals surface area contributed by atoms with Gasteiger partial charge in [0.1, 0.15) is 11.8 Å².